The van der Waals surface area contributed by atoms with Gasteiger partial charge >= 0.3 is 10.2 Å². The Morgan fingerprint density at radius 2 is 2.08 bits per heavy atom. The molecule has 0 amide bonds. The molecule has 0 bridgehead atoms. The molecule has 1 unspecified atom stereocenters. The van der Waals surface area contributed by atoms with Crippen molar-refractivity contribution in [1.29, 1.82) is 0 Å². The van der Waals surface area contributed by atoms with Crippen LogP contribution < -0.4 is 0 Å². The highest BCUT2D eigenvalue weighted by molar-refractivity contribution is 7.86. The Morgan fingerprint density at radius 1 is 1.46 bits per heavy atom. The molecular weight excluding hydrogens is 195 g/mol. The molecule has 0 saturated carbocycles. The molecule has 0 spiro atoms. The van der Waals surface area contributed by atoms with Crippen LogP contribution in [0.15, 0.2) is 29.2 Å². The first-order valence-electron chi connectivity index (χ1n) is 3.64. The minimum absolute atomic E-state index is 0.374. The van der Waals surface area contributed by atoms with Crippen molar-refractivity contribution < 1.29 is 17.4 Å². The van der Waals surface area contributed by atoms with Crippen molar-refractivity contribution >= 4 is 10.2 Å². The van der Waals surface area contributed by atoms with Gasteiger partial charge in [0, 0.05) is 0 Å². The van der Waals surface area contributed by atoms with Crippen LogP contribution in [0.2, 0.25) is 0 Å². The van der Waals surface area contributed by atoms with Gasteiger partial charge in [-0.2, -0.15) is 8.42 Å². The topological polar surface area (TPSA) is 54.4 Å². The Morgan fingerprint density at radius 3 is 2.54 bits per heavy atom. The zero-order chi connectivity index (χ0) is 10.1. The second-order valence-electron chi connectivity index (χ2n) is 2.69. The lowest BCUT2D eigenvalue weighted by Gasteiger charge is -2.04. The maximum absolute atomic E-state index is 12.5. The lowest BCUT2D eigenvalue weighted by atomic mass is 10.1. The van der Waals surface area contributed by atoms with Crippen molar-refractivity contribution in [2.24, 2.45) is 0 Å². The largest absolute Gasteiger partial charge is 0.389 e. The van der Waals surface area contributed by atoms with Gasteiger partial charge in [0.2, 0.25) is 0 Å². The van der Waals surface area contributed by atoms with Crippen molar-refractivity contribution in [3.8, 4) is 0 Å². The van der Waals surface area contributed by atoms with Crippen LogP contribution >= 0.6 is 0 Å². The van der Waals surface area contributed by atoms with E-state index in [-0.39, 0.29) is 0 Å². The Balaban J connectivity index is 3.21. The normalized spacial score (nSPS) is 14.1. The minimum atomic E-state index is -4.67. The number of halogens is 1. The van der Waals surface area contributed by atoms with Gasteiger partial charge in [-0.3, -0.25) is 0 Å². The van der Waals surface area contributed by atoms with E-state index < -0.39 is 21.2 Å². The van der Waals surface area contributed by atoms with Crippen molar-refractivity contribution in [3.63, 3.8) is 0 Å². The predicted molar refractivity (Wildman–Crippen MR) is 45.4 cm³/mol. The first kappa shape index (κ1) is 10.1. The Kier molecular flexibility index (Phi) is 2.68. The van der Waals surface area contributed by atoms with Gasteiger partial charge in [-0.05, 0) is 24.6 Å². The molecule has 0 aliphatic carbocycles. The van der Waals surface area contributed by atoms with E-state index >= 15 is 0 Å². The first-order chi connectivity index (χ1) is 5.91. The van der Waals surface area contributed by atoms with Gasteiger partial charge in [0.15, 0.2) is 0 Å². The van der Waals surface area contributed by atoms with Crippen LogP contribution in [0.4, 0.5) is 3.89 Å². The van der Waals surface area contributed by atoms with Gasteiger partial charge in [0.25, 0.3) is 0 Å². The predicted octanol–water partition coefficient (Wildman–Crippen LogP) is 1.40. The van der Waals surface area contributed by atoms with Gasteiger partial charge < -0.3 is 5.11 Å². The number of hydrogen-bond acceptors (Lipinski definition) is 3. The third-order valence-electron chi connectivity index (χ3n) is 1.62. The van der Waals surface area contributed by atoms with E-state index in [1.807, 2.05) is 0 Å². The molecule has 0 aliphatic rings. The smallest absolute Gasteiger partial charge is 0.332 e. The summed E-state index contributed by atoms with van der Waals surface area (Å²) in [5, 5.41) is 9.10. The highest BCUT2D eigenvalue weighted by Crippen LogP contribution is 2.18. The van der Waals surface area contributed by atoms with Crippen LogP contribution in [-0.4, -0.2) is 13.5 Å². The molecule has 13 heavy (non-hydrogen) atoms. The molecule has 0 fully saturated rings. The quantitative estimate of drug-likeness (QED) is 0.741. The highest BCUT2D eigenvalue weighted by Gasteiger charge is 2.12. The molecule has 0 heterocycles. The van der Waals surface area contributed by atoms with Crippen LogP contribution in [0.1, 0.15) is 18.6 Å². The lowest BCUT2D eigenvalue weighted by Crippen LogP contribution is -1.96. The molecule has 1 aromatic carbocycles. The van der Waals surface area contributed by atoms with E-state index in [1.165, 1.54) is 19.1 Å². The first-order valence-corrected chi connectivity index (χ1v) is 5.02. The Hall–Kier alpha value is -0.940. The van der Waals surface area contributed by atoms with Crippen molar-refractivity contribution in [2.45, 2.75) is 17.9 Å². The van der Waals surface area contributed by atoms with Crippen LogP contribution in [0.3, 0.4) is 0 Å². The number of aliphatic hydroxyl groups is 1. The molecule has 72 valence electrons. The number of benzene rings is 1. The maximum Gasteiger partial charge on any atom is 0.332 e. The fourth-order valence-corrected chi connectivity index (χ4v) is 1.44. The summed E-state index contributed by atoms with van der Waals surface area (Å²) in [6, 6.07) is 5.16. The molecule has 0 saturated heterocycles. The molecule has 1 atom stereocenters. The average molecular weight is 204 g/mol. The van der Waals surface area contributed by atoms with Gasteiger partial charge in [-0.15, -0.1) is 3.89 Å². The molecular formula is C8H9FO3S. The van der Waals surface area contributed by atoms with Gasteiger partial charge in [0.05, 0.1) is 11.0 Å². The van der Waals surface area contributed by atoms with Crippen LogP contribution in [0, 0.1) is 0 Å². The zero-order valence-electron chi connectivity index (χ0n) is 6.94. The van der Waals surface area contributed by atoms with Gasteiger partial charge in [-0.1, -0.05) is 12.1 Å². The number of rotatable bonds is 2. The summed E-state index contributed by atoms with van der Waals surface area (Å²) in [4.78, 5) is -0.425. The molecule has 5 heteroatoms. The summed E-state index contributed by atoms with van der Waals surface area (Å²) in [7, 11) is -4.67. The summed E-state index contributed by atoms with van der Waals surface area (Å²) in [5.41, 5.74) is 0.374. The molecule has 1 aromatic rings. The molecule has 0 radical (unpaired) electrons. The van der Waals surface area contributed by atoms with E-state index in [4.69, 9.17) is 5.11 Å². The summed E-state index contributed by atoms with van der Waals surface area (Å²) in [6.07, 6.45) is -0.804. The summed E-state index contributed by atoms with van der Waals surface area (Å²) >= 11 is 0. The minimum Gasteiger partial charge on any atom is -0.389 e. The average Bonchev–Trinajstić information content (AvgIpc) is 2.03. The molecule has 1 N–H and O–H groups in total. The molecule has 1 rings (SSSR count). The third-order valence-corrected chi connectivity index (χ3v) is 2.44. The fraction of sp³-hybridized carbons (Fsp3) is 0.250. The van der Waals surface area contributed by atoms with Gasteiger partial charge in [-0.25, -0.2) is 0 Å². The monoisotopic (exact) mass is 204 g/mol. The van der Waals surface area contributed by atoms with E-state index in [2.05, 4.69) is 0 Å². The van der Waals surface area contributed by atoms with Gasteiger partial charge in [0.1, 0.15) is 0 Å². The Labute approximate surface area is 76.0 Å². The fourth-order valence-electron chi connectivity index (χ4n) is 0.926. The van der Waals surface area contributed by atoms with E-state index in [0.717, 1.165) is 12.1 Å². The summed E-state index contributed by atoms with van der Waals surface area (Å²) in [6.45, 7) is 1.48. The number of hydrogen-bond donors (Lipinski definition) is 1. The standard InChI is InChI=1S/C8H9FO3S/c1-6(10)7-3-2-4-8(5-7)13(9,11)12/h2-6,10H,1H3. The maximum atomic E-state index is 12.5. The second kappa shape index (κ2) is 3.43. The number of aliphatic hydroxyl groups excluding tert-OH is 1. The molecule has 3 nitrogen and oxygen atoms in total. The lowest BCUT2D eigenvalue weighted by molar-refractivity contribution is 0.199. The van der Waals surface area contributed by atoms with E-state index in [0.29, 0.717) is 5.56 Å². The zero-order valence-corrected chi connectivity index (χ0v) is 7.75. The van der Waals surface area contributed by atoms with Crippen LogP contribution in [-0.2, 0) is 10.2 Å². The van der Waals surface area contributed by atoms with Crippen LogP contribution in [0.5, 0.6) is 0 Å². The second-order valence-corrected chi connectivity index (χ2v) is 4.03. The van der Waals surface area contributed by atoms with E-state index in [9.17, 15) is 12.3 Å². The summed E-state index contributed by atoms with van der Waals surface area (Å²) in [5.74, 6) is 0. The Bertz CT molecular complexity index is 398. The van der Waals surface area contributed by atoms with Crippen molar-refractivity contribution in [2.75, 3.05) is 0 Å². The van der Waals surface area contributed by atoms with Crippen molar-refractivity contribution in [3.05, 3.63) is 29.8 Å². The highest BCUT2D eigenvalue weighted by atomic mass is 32.3. The summed E-state index contributed by atoms with van der Waals surface area (Å²) < 4.78 is 33.4. The third kappa shape index (κ3) is 2.50. The SMILES string of the molecule is CC(O)c1cccc(S(=O)(=O)F)c1. The molecule has 0 aliphatic heterocycles. The van der Waals surface area contributed by atoms with Crippen LogP contribution in [0.25, 0.3) is 0 Å². The molecule has 0 aromatic heterocycles. The van der Waals surface area contributed by atoms with Crippen molar-refractivity contribution in [1.82, 2.24) is 0 Å². The van der Waals surface area contributed by atoms with E-state index in [1.54, 1.807) is 0 Å².